The highest BCUT2D eigenvalue weighted by molar-refractivity contribution is 7.99. The molecular weight excluding hydrogens is 230 g/mol. The fourth-order valence-electron chi connectivity index (χ4n) is 2.34. The summed E-state index contributed by atoms with van der Waals surface area (Å²) in [6.45, 7) is 2.98. The summed E-state index contributed by atoms with van der Waals surface area (Å²) in [5.41, 5.74) is 7.60. The van der Waals surface area contributed by atoms with Gasteiger partial charge in [0.05, 0.1) is 0 Å². The summed E-state index contributed by atoms with van der Waals surface area (Å²) in [6, 6.07) is 0. The zero-order valence-corrected chi connectivity index (χ0v) is 11.3. The molecule has 0 spiro atoms. The SMILES string of the molecule is NC(=NCCC1=CCCCC1)N1CCSCC1. The van der Waals surface area contributed by atoms with E-state index in [-0.39, 0.29) is 0 Å². The second-order valence-corrected chi connectivity index (χ2v) is 5.92. The zero-order chi connectivity index (χ0) is 11.9. The van der Waals surface area contributed by atoms with E-state index in [1.165, 1.54) is 37.2 Å². The number of rotatable bonds is 3. The lowest BCUT2D eigenvalue weighted by molar-refractivity contribution is 0.456. The summed E-state index contributed by atoms with van der Waals surface area (Å²) in [4.78, 5) is 6.73. The van der Waals surface area contributed by atoms with Crippen LogP contribution in [-0.2, 0) is 0 Å². The number of guanidine groups is 1. The van der Waals surface area contributed by atoms with Crippen molar-refractivity contribution in [1.82, 2.24) is 4.90 Å². The molecule has 1 aliphatic heterocycles. The van der Waals surface area contributed by atoms with E-state index in [1.807, 2.05) is 11.8 Å². The first kappa shape index (κ1) is 12.8. The fraction of sp³-hybridized carbons (Fsp3) is 0.769. The minimum absolute atomic E-state index is 0.752. The smallest absolute Gasteiger partial charge is 0.191 e. The molecule has 1 fully saturated rings. The van der Waals surface area contributed by atoms with Crippen LogP contribution in [0.3, 0.4) is 0 Å². The van der Waals surface area contributed by atoms with Crippen molar-refractivity contribution >= 4 is 17.7 Å². The standard InChI is InChI=1S/C13H23N3S/c14-13(16-8-10-17-11-9-16)15-7-6-12-4-2-1-3-5-12/h4H,1-3,5-11H2,(H2,14,15). The molecule has 0 radical (unpaired) electrons. The molecule has 3 nitrogen and oxygen atoms in total. The van der Waals surface area contributed by atoms with Gasteiger partial charge in [-0.15, -0.1) is 0 Å². The molecule has 0 atom stereocenters. The Bertz CT molecular complexity index is 293. The van der Waals surface area contributed by atoms with Gasteiger partial charge in [-0.2, -0.15) is 11.8 Å². The van der Waals surface area contributed by atoms with Gasteiger partial charge in [0, 0.05) is 31.1 Å². The second kappa shape index (κ2) is 6.94. The highest BCUT2D eigenvalue weighted by Gasteiger charge is 2.11. The van der Waals surface area contributed by atoms with Crippen molar-refractivity contribution in [3.8, 4) is 0 Å². The molecule has 2 N–H and O–H groups in total. The molecule has 96 valence electrons. The second-order valence-electron chi connectivity index (χ2n) is 4.70. The third kappa shape index (κ3) is 4.26. The highest BCUT2D eigenvalue weighted by atomic mass is 32.2. The topological polar surface area (TPSA) is 41.6 Å². The molecule has 0 aromatic heterocycles. The molecule has 0 amide bonds. The average Bonchev–Trinajstić information content (AvgIpc) is 2.41. The Kier molecular flexibility index (Phi) is 5.23. The van der Waals surface area contributed by atoms with Gasteiger partial charge in [0.1, 0.15) is 0 Å². The number of nitrogens with zero attached hydrogens (tertiary/aromatic N) is 2. The van der Waals surface area contributed by atoms with Gasteiger partial charge in [0.25, 0.3) is 0 Å². The number of aliphatic imine (C=N–C) groups is 1. The van der Waals surface area contributed by atoms with E-state index in [2.05, 4.69) is 16.0 Å². The molecule has 2 rings (SSSR count). The number of thioether (sulfide) groups is 1. The van der Waals surface area contributed by atoms with E-state index in [4.69, 9.17) is 5.73 Å². The van der Waals surface area contributed by atoms with Crippen LogP contribution >= 0.6 is 11.8 Å². The molecule has 0 aromatic rings. The average molecular weight is 253 g/mol. The van der Waals surface area contributed by atoms with Crippen LogP contribution in [0.15, 0.2) is 16.6 Å². The predicted molar refractivity (Wildman–Crippen MR) is 76.6 cm³/mol. The Labute approximate surface area is 109 Å². The summed E-state index contributed by atoms with van der Waals surface area (Å²) in [5.74, 6) is 3.12. The van der Waals surface area contributed by atoms with Crippen LogP contribution in [0.1, 0.15) is 32.1 Å². The third-order valence-corrected chi connectivity index (χ3v) is 4.37. The Balaban J connectivity index is 1.73. The summed E-state index contributed by atoms with van der Waals surface area (Å²) in [5, 5.41) is 0. The van der Waals surface area contributed by atoms with Crippen molar-refractivity contribution in [3.63, 3.8) is 0 Å². The van der Waals surface area contributed by atoms with Crippen LogP contribution < -0.4 is 5.73 Å². The van der Waals surface area contributed by atoms with Gasteiger partial charge < -0.3 is 10.6 Å². The quantitative estimate of drug-likeness (QED) is 0.476. The largest absolute Gasteiger partial charge is 0.370 e. The molecule has 0 unspecified atom stereocenters. The molecule has 17 heavy (non-hydrogen) atoms. The van der Waals surface area contributed by atoms with E-state index in [0.717, 1.165) is 32.0 Å². The van der Waals surface area contributed by atoms with E-state index in [0.29, 0.717) is 0 Å². The lowest BCUT2D eigenvalue weighted by Crippen LogP contribution is -2.42. The fourth-order valence-corrected chi connectivity index (χ4v) is 3.24. The maximum absolute atomic E-state index is 6.01. The monoisotopic (exact) mass is 253 g/mol. The molecule has 4 heteroatoms. The van der Waals surface area contributed by atoms with Gasteiger partial charge in [0.15, 0.2) is 5.96 Å². The lowest BCUT2D eigenvalue weighted by atomic mass is 9.97. The molecule has 0 saturated carbocycles. The van der Waals surface area contributed by atoms with E-state index >= 15 is 0 Å². The minimum Gasteiger partial charge on any atom is -0.370 e. The maximum atomic E-state index is 6.01. The molecular formula is C13H23N3S. The number of nitrogens with two attached hydrogens (primary N) is 1. The van der Waals surface area contributed by atoms with Gasteiger partial charge in [-0.25, -0.2) is 0 Å². The highest BCUT2D eigenvalue weighted by Crippen LogP contribution is 2.19. The minimum atomic E-state index is 0.752. The van der Waals surface area contributed by atoms with Crippen LogP contribution in [0.5, 0.6) is 0 Å². The van der Waals surface area contributed by atoms with Gasteiger partial charge in [-0.05, 0) is 32.1 Å². The Hall–Kier alpha value is -0.640. The summed E-state index contributed by atoms with van der Waals surface area (Å²) in [6.07, 6.45) is 8.75. The first-order chi connectivity index (χ1) is 8.36. The molecule has 2 aliphatic rings. The van der Waals surface area contributed by atoms with Gasteiger partial charge in [-0.3, -0.25) is 4.99 Å². The third-order valence-electron chi connectivity index (χ3n) is 3.43. The van der Waals surface area contributed by atoms with Gasteiger partial charge in [0.2, 0.25) is 0 Å². The summed E-state index contributed by atoms with van der Waals surface area (Å²) in [7, 11) is 0. The van der Waals surface area contributed by atoms with E-state index < -0.39 is 0 Å². The van der Waals surface area contributed by atoms with Crippen LogP contribution in [-0.4, -0.2) is 42.0 Å². The molecule has 0 bridgehead atoms. The number of hydrogen-bond acceptors (Lipinski definition) is 2. The molecule has 0 aromatic carbocycles. The predicted octanol–water partition coefficient (Wildman–Crippen LogP) is 2.24. The maximum Gasteiger partial charge on any atom is 0.191 e. The van der Waals surface area contributed by atoms with Crippen molar-refractivity contribution in [2.45, 2.75) is 32.1 Å². The van der Waals surface area contributed by atoms with E-state index in [1.54, 1.807) is 5.57 Å². The number of allylic oxidation sites excluding steroid dienone is 1. The van der Waals surface area contributed by atoms with Crippen LogP contribution in [0.25, 0.3) is 0 Å². The zero-order valence-electron chi connectivity index (χ0n) is 10.5. The summed E-state index contributed by atoms with van der Waals surface area (Å²) < 4.78 is 0. The number of hydrogen-bond donors (Lipinski definition) is 1. The normalized spacial score (nSPS) is 22.5. The van der Waals surface area contributed by atoms with Crippen LogP contribution in [0, 0.1) is 0 Å². The Morgan fingerprint density at radius 1 is 1.35 bits per heavy atom. The lowest BCUT2D eigenvalue weighted by Gasteiger charge is -2.27. The van der Waals surface area contributed by atoms with Crippen molar-refractivity contribution in [3.05, 3.63) is 11.6 Å². The van der Waals surface area contributed by atoms with E-state index in [9.17, 15) is 0 Å². The Morgan fingerprint density at radius 2 is 2.18 bits per heavy atom. The van der Waals surface area contributed by atoms with Crippen molar-refractivity contribution in [1.29, 1.82) is 0 Å². The van der Waals surface area contributed by atoms with Crippen LogP contribution in [0.2, 0.25) is 0 Å². The van der Waals surface area contributed by atoms with Crippen molar-refractivity contribution in [2.75, 3.05) is 31.1 Å². The van der Waals surface area contributed by atoms with Crippen molar-refractivity contribution < 1.29 is 0 Å². The van der Waals surface area contributed by atoms with Gasteiger partial charge >= 0.3 is 0 Å². The molecule has 1 aliphatic carbocycles. The first-order valence-corrected chi connectivity index (χ1v) is 7.82. The van der Waals surface area contributed by atoms with Crippen LogP contribution in [0.4, 0.5) is 0 Å². The first-order valence-electron chi connectivity index (χ1n) is 6.67. The molecule has 1 heterocycles. The molecule has 1 saturated heterocycles. The van der Waals surface area contributed by atoms with Gasteiger partial charge in [-0.1, -0.05) is 11.6 Å². The van der Waals surface area contributed by atoms with Crippen molar-refractivity contribution in [2.24, 2.45) is 10.7 Å². The summed E-state index contributed by atoms with van der Waals surface area (Å²) >= 11 is 2.00. The Morgan fingerprint density at radius 3 is 2.88 bits per heavy atom.